The van der Waals surface area contributed by atoms with Gasteiger partial charge in [0.1, 0.15) is 0 Å². The molecule has 0 radical (unpaired) electrons. The van der Waals surface area contributed by atoms with E-state index >= 15 is 0 Å². The number of aromatic nitrogens is 1. The lowest BCUT2D eigenvalue weighted by Gasteiger charge is -2.11. The van der Waals surface area contributed by atoms with Gasteiger partial charge in [-0.3, -0.25) is 4.79 Å². The van der Waals surface area contributed by atoms with Gasteiger partial charge in [-0.15, -0.1) is 0 Å². The van der Waals surface area contributed by atoms with Gasteiger partial charge in [0.15, 0.2) is 0 Å². The van der Waals surface area contributed by atoms with Crippen molar-refractivity contribution < 1.29 is 0 Å². The Hall–Kier alpha value is -1.05. The molecule has 0 atom stereocenters. The molecule has 13 heavy (non-hydrogen) atoms. The Morgan fingerprint density at radius 2 is 2.08 bits per heavy atom. The van der Waals surface area contributed by atoms with Gasteiger partial charge >= 0.3 is 0 Å². The maximum Gasteiger partial charge on any atom is 0.250 e. The Bertz CT molecular complexity index is 325. The van der Waals surface area contributed by atoms with E-state index in [9.17, 15) is 4.79 Å². The zero-order chi connectivity index (χ0) is 9.84. The van der Waals surface area contributed by atoms with Crippen molar-refractivity contribution in [1.29, 1.82) is 0 Å². The van der Waals surface area contributed by atoms with Crippen molar-refractivity contribution in [3.63, 3.8) is 0 Å². The zero-order valence-electron chi connectivity index (χ0n) is 8.58. The second-order valence-corrected chi connectivity index (χ2v) is 3.70. The molecule has 72 valence electrons. The Morgan fingerprint density at radius 3 is 2.62 bits per heavy atom. The maximum atomic E-state index is 11.4. The fourth-order valence-corrected chi connectivity index (χ4v) is 1.52. The van der Waals surface area contributed by atoms with Crippen molar-refractivity contribution in [3.05, 3.63) is 34.2 Å². The summed E-state index contributed by atoms with van der Waals surface area (Å²) in [6.07, 6.45) is 0.976. The molecule has 0 bridgehead atoms. The van der Waals surface area contributed by atoms with Gasteiger partial charge in [-0.2, -0.15) is 0 Å². The summed E-state index contributed by atoms with van der Waals surface area (Å²) in [4.78, 5) is 11.4. The molecule has 0 saturated heterocycles. The van der Waals surface area contributed by atoms with Crippen LogP contribution in [-0.2, 0) is 13.0 Å². The second-order valence-electron chi connectivity index (χ2n) is 3.70. The molecule has 1 rings (SSSR count). The minimum atomic E-state index is 0.112. The van der Waals surface area contributed by atoms with Crippen LogP contribution in [0.2, 0.25) is 0 Å². The van der Waals surface area contributed by atoms with E-state index in [1.807, 2.05) is 23.6 Å². The van der Waals surface area contributed by atoms with Gasteiger partial charge < -0.3 is 4.57 Å². The normalized spacial score (nSPS) is 10.8. The maximum absolute atomic E-state index is 11.4. The third kappa shape index (κ3) is 2.44. The molecule has 0 amide bonds. The molecular formula is C11H17NO. The smallest absolute Gasteiger partial charge is 0.250 e. The highest BCUT2D eigenvalue weighted by Gasteiger charge is 2.03. The number of hydrogen-bond acceptors (Lipinski definition) is 1. The van der Waals surface area contributed by atoms with E-state index in [1.165, 1.54) is 0 Å². The van der Waals surface area contributed by atoms with Crippen molar-refractivity contribution in [2.75, 3.05) is 0 Å². The molecule has 0 aliphatic rings. The summed E-state index contributed by atoms with van der Waals surface area (Å²) in [5, 5.41) is 0. The van der Waals surface area contributed by atoms with Gasteiger partial charge in [-0.1, -0.05) is 19.9 Å². The van der Waals surface area contributed by atoms with E-state index in [0.717, 1.165) is 18.7 Å². The van der Waals surface area contributed by atoms with Crippen molar-refractivity contribution >= 4 is 0 Å². The van der Waals surface area contributed by atoms with Crippen LogP contribution < -0.4 is 5.56 Å². The fraction of sp³-hybridized carbons (Fsp3) is 0.545. The van der Waals surface area contributed by atoms with E-state index in [1.54, 1.807) is 6.07 Å². The molecule has 0 unspecified atom stereocenters. The summed E-state index contributed by atoms with van der Waals surface area (Å²) in [7, 11) is 0. The van der Waals surface area contributed by atoms with Crippen LogP contribution in [-0.4, -0.2) is 4.57 Å². The molecule has 2 nitrogen and oxygen atoms in total. The van der Waals surface area contributed by atoms with Crippen LogP contribution in [0.3, 0.4) is 0 Å². The quantitative estimate of drug-likeness (QED) is 0.696. The number of nitrogens with zero attached hydrogens (tertiary/aromatic N) is 1. The average molecular weight is 179 g/mol. The summed E-state index contributed by atoms with van der Waals surface area (Å²) < 4.78 is 1.83. The first-order valence-electron chi connectivity index (χ1n) is 4.84. The summed E-state index contributed by atoms with van der Waals surface area (Å²) in [5.74, 6) is 0.597. The van der Waals surface area contributed by atoms with E-state index in [-0.39, 0.29) is 5.56 Å². The van der Waals surface area contributed by atoms with E-state index in [4.69, 9.17) is 0 Å². The minimum Gasteiger partial charge on any atom is -0.313 e. The van der Waals surface area contributed by atoms with Crippen molar-refractivity contribution in [3.8, 4) is 0 Å². The Kier molecular flexibility index (Phi) is 3.29. The largest absolute Gasteiger partial charge is 0.313 e. The van der Waals surface area contributed by atoms with E-state index in [2.05, 4.69) is 13.8 Å². The summed E-state index contributed by atoms with van der Waals surface area (Å²) in [6, 6.07) is 5.49. The predicted molar refractivity (Wildman–Crippen MR) is 54.9 cm³/mol. The standard InChI is InChI=1S/C11H17NO/c1-4-12-10(8-9(2)3)6-5-7-11(12)13/h5-7,9H,4,8H2,1-3H3. The highest BCUT2D eigenvalue weighted by molar-refractivity contribution is 5.07. The molecule has 2 heteroatoms. The van der Waals surface area contributed by atoms with Crippen LogP contribution >= 0.6 is 0 Å². The number of pyridine rings is 1. The summed E-state index contributed by atoms with van der Waals surface area (Å²) in [6.45, 7) is 7.10. The van der Waals surface area contributed by atoms with Crippen molar-refractivity contribution in [2.24, 2.45) is 5.92 Å². The van der Waals surface area contributed by atoms with E-state index < -0.39 is 0 Å². The molecule has 1 aromatic rings. The summed E-state index contributed by atoms with van der Waals surface area (Å²) in [5.41, 5.74) is 1.26. The third-order valence-corrected chi connectivity index (χ3v) is 2.07. The first kappa shape index (κ1) is 10.0. The van der Waals surface area contributed by atoms with Gasteiger partial charge in [-0.25, -0.2) is 0 Å². The SMILES string of the molecule is CCn1c(CC(C)C)cccc1=O. The highest BCUT2D eigenvalue weighted by atomic mass is 16.1. The second kappa shape index (κ2) is 4.26. The van der Waals surface area contributed by atoms with Gasteiger partial charge in [0, 0.05) is 18.3 Å². The monoisotopic (exact) mass is 179 g/mol. The summed E-state index contributed by atoms with van der Waals surface area (Å²) >= 11 is 0. The molecule has 1 heterocycles. The molecule has 0 N–H and O–H groups in total. The topological polar surface area (TPSA) is 22.0 Å². The lowest BCUT2D eigenvalue weighted by molar-refractivity contribution is 0.583. The van der Waals surface area contributed by atoms with Crippen LogP contribution in [0, 0.1) is 5.92 Å². The van der Waals surface area contributed by atoms with Gasteiger partial charge in [0.05, 0.1) is 0 Å². The van der Waals surface area contributed by atoms with Crippen LogP contribution in [0.1, 0.15) is 26.5 Å². The first-order valence-corrected chi connectivity index (χ1v) is 4.84. The van der Waals surface area contributed by atoms with Crippen LogP contribution in [0.15, 0.2) is 23.0 Å². The molecule has 0 aromatic carbocycles. The number of hydrogen-bond donors (Lipinski definition) is 0. The molecule has 0 aliphatic heterocycles. The Balaban J connectivity index is 3.05. The predicted octanol–water partition coefficient (Wildman–Crippen LogP) is 2.07. The highest BCUT2D eigenvalue weighted by Crippen LogP contribution is 2.05. The van der Waals surface area contributed by atoms with Crippen molar-refractivity contribution in [2.45, 2.75) is 33.7 Å². The molecule has 0 aliphatic carbocycles. The molecule has 1 aromatic heterocycles. The molecule has 0 spiro atoms. The third-order valence-electron chi connectivity index (χ3n) is 2.07. The van der Waals surface area contributed by atoms with Gasteiger partial charge in [-0.05, 0) is 25.3 Å². The fourth-order valence-electron chi connectivity index (χ4n) is 1.52. The Morgan fingerprint density at radius 1 is 1.38 bits per heavy atom. The van der Waals surface area contributed by atoms with Gasteiger partial charge in [0.25, 0.3) is 5.56 Å². The van der Waals surface area contributed by atoms with Crippen molar-refractivity contribution in [1.82, 2.24) is 4.57 Å². The lowest BCUT2D eigenvalue weighted by Crippen LogP contribution is -2.22. The van der Waals surface area contributed by atoms with Gasteiger partial charge in [0.2, 0.25) is 0 Å². The van der Waals surface area contributed by atoms with Crippen LogP contribution in [0.4, 0.5) is 0 Å². The molecular weight excluding hydrogens is 162 g/mol. The average Bonchev–Trinajstić information content (AvgIpc) is 2.03. The number of rotatable bonds is 3. The van der Waals surface area contributed by atoms with E-state index in [0.29, 0.717) is 5.92 Å². The van der Waals surface area contributed by atoms with Crippen LogP contribution in [0.25, 0.3) is 0 Å². The van der Waals surface area contributed by atoms with Crippen LogP contribution in [0.5, 0.6) is 0 Å². The first-order chi connectivity index (χ1) is 6.15. The molecule has 0 fully saturated rings. The minimum absolute atomic E-state index is 0.112. The zero-order valence-corrected chi connectivity index (χ0v) is 8.58. The Labute approximate surface area is 79.2 Å². The molecule has 0 saturated carbocycles. The lowest BCUT2D eigenvalue weighted by atomic mass is 10.1.